The fraction of sp³-hybridized carbons (Fsp3) is 0.500. The molecule has 0 radical (unpaired) electrons. The number of carbonyl (C=O) groups excluding carboxylic acids is 1. The van der Waals surface area contributed by atoms with E-state index in [9.17, 15) is 13.2 Å². The molecular formula is C14H23N3O3S. The fourth-order valence-corrected chi connectivity index (χ4v) is 2.23. The van der Waals surface area contributed by atoms with Crippen molar-refractivity contribution in [3.8, 4) is 0 Å². The summed E-state index contributed by atoms with van der Waals surface area (Å²) in [6, 6.07) is 6.56. The van der Waals surface area contributed by atoms with E-state index in [1.54, 1.807) is 31.2 Å². The molecule has 118 valence electrons. The number of amides is 1. The zero-order valence-electron chi connectivity index (χ0n) is 12.4. The number of hydrogen-bond donors (Lipinski definition) is 3. The third-order valence-electron chi connectivity index (χ3n) is 3.09. The van der Waals surface area contributed by atoms with Gasteiger partial charge in [-0.15, -0.1) is 0 Å². The number of anilines is 2. The Hall–Kier alpha value is -1.60. The summed E-state index contributed by atoms with van der Waals surface area (Å²) < 4.78 is 25.3. The minimum atomic E-state index is -3.28. The van der Waals surface area contributed by atoms with E-state index in [-0.39, 0.29) is 11.7 Å². The van der Waals surface area contributed by atoms with Crippen molar-refractivity contribution in [3.63, 3.8) is 0 Å². The molecular weight excluding hydrogens is 290 g/mol. The molecule has 1 atom stereocenters. The van der Waals surface area contributed by atoms with Gasteiger partial charge in [-0.05, 0) is 50.1 Å². The zero-order valence-corrected chi connectivity index (χ0v) is 13.2. The Labute approximate surface area is 126 Å². The number of sulfonamides is 1. The number of benzene rings is 1. The number of hydrogen-bond acceptors (Lipinski definition) is 4. The van der Waals surface area contributed by atoms with Gasteiger partial charge in [0.25, 0.3) is 0 Å². The van der Waals surface area contributed by atoms with Gasteiger partial charge in [0.2, 0.25) is 15.9 Å². The highest BCUT2D eigenvalue weighted by Gasteiger charge is 2.08. The lowest BCUT2D eigenvalue weighted by Crippen LogP contribution is -2.16. The standard InChI is InChI=1S/C14H23N3O3S/c1-3-21(19,20)17-13-7-5-12(6-8-13)16-14(18)9-4-11(2)10-15/h5-8,11,17H,3-4,9-10,15H2,1-2H3,(H,16,18). The summed E-state index contributed by atoms with van der Waals surface area (Å²) in [6.45, 7) is 4.14. The van der Waals surface area contributed by atoms with E-state index in [4.69, 9.17) is 5.73 Å². The van der Waals surface area contributed by atoms with Crippen molar-refractivity contribution in [1.29, 1.82) is 0 Å². The molecule has 6 nitrogen and oxygen atoms in total. The number of rotatable bonds is 8. The molecule has 0 saturated carbocycles. The summed E-state index contributed by atoms with van der Waals surface area (Å²) >= 11 is 0. The molecule has 1 aromatic rings. The van der Waals surface area contributed by atoms with Crippen LogP contribution in [0.3, 0.4) is 0 Å². The molecule has 1 rings (SSSR count). The first kappa shape index (κ1) is 17.5. The highest BCUT2D eigenvalue weighted by atomic mass is 32.2. The smallest absolute Gasteiger partial charge is 0.232 e. The van der Waals surface area contributed by atoms with Crippen molar-refractivity contribution in [2.75, 3.05) is 22.3 Å². The maximum absolute atomic E-state index is 11.7. The summed E-state index contributed by atoms with van der Waals surface area (Å²) in [5, 5.41) is 2.77. The Morgan fingerprint density at radius 3 is 2.33 bits per heavy atom. The van der Waals surface area contributed by atoms with Crippen LogP contribution in [0, 0.1) is 5.92 Å². The third kappa shape index (κ3) is 6.59. The van der Waals surface area contributed by atoms with Gasteiger partial charge in [0.15, 0.2) is 0 Å². The summed E-state index contributed by atoms with van der Waals surface area (Å²) in [7, 11) is -3.28. The second kappa shape index (κ2) is 7.99. The lowest BCUT2D eigenvalue weighted by Gasteiger charge is -2.10. The molecule has 21 heavy (non-hydrogen) atoms. The predicted octanol–water partition coefficient (Wildman–Crippen LogP) is 1.76. The summed E-state index contributed by atoms with van der Waals surface area (Å²) in [5.74, 6) is 0.268. The van der Waals surface area contributed by atoms with Crippen LogP contribution in [0.5, 0.6) is 0 Å². The summed E-state index contributed by atoms with van der Waals surface area (Å²) in [6.07, 6.45) is 1.17. The summed E-state index contributed by atoms with van der Waals surface area (Å²) in [5.41, 5.74) is 6.62. The Morgan fingerprint density at radius 2 is 1.81 bits per heavy atom. The molecule has 1 unspecified atom stereocenters. The highest BCUT2D eigenvalue weighted by molar-refractivity contribution is 7.92. The highest BCUT2D eigenvalue weighted by Crippen LogP contribution is 2.15. The Morgan fingerprint density at radius 1 is 1.24 bits per heavy atom. The lowest BCUT2D eigenvalue weighted by atomic mass is 10.1. The van der Waals surface area contributed by atoms with Crippen LogP contribution in [0.1, 0.15) is 26.7 Å². The minimum Gasteiger partial charge on any atom is -0.330 e. The molecule has 0 saturated heterocycles. The first-order valence-electron chi connectivity index (χ1n) is 6.96. The normalized spacial score (nSPS) is 12.7. The van der Waals surface area contributed by atoms with Crippen molar-refractivity contribution in [3.05, 3.63) is 24.3 Å². The quantitative estimate of drug-likeness (QED) is 0.680. The lowest BCUT2D eigenvalue weighted by molar-refractivity contribution is -0.116. The van der Waals surface area contributed by atoms with Gasteiger partial charge in [0.1, 0.15) is 0 Å². The van der Waals surface area contributed by atoms with Crippen LogP contribution < -0.4 is 15.8 Å². The second-order valence-corrected chi connectivity index (χ2v) is 7.02. The molecule has 7 heteroatoms. The summed E-state index contributed by atoms with van der Waals surface area (Å²) in [4.78, 5) is 11.7. The molecule has 0 fully saturated rings. The van der Waals surface area contributed by atoms with Gasteiger partial charge >= 0.3 is 0 Å². The van der Waals surface area contributed by atoms with Crippen molar-refractivity contribution in [2.24, 2.45) is 11.7 Å². The van der Waals surface area contributed by atoms with Crippen molar-refractivity contribution in [2.45, 2.75) is 26.7 Å². The molecule has 4 N–H and O–H groups in total. The topological polar surface area (TPSA) is 101 Å². The van der Waals surface area contributed by atoms with Crippen LogP contribution in [-0.4, -0.2) is 26.6 Å². The third-order valence-corrected chi connectivity index (χ3v) is 4.40. The molecule has 0 heterocycles. The van der Waals surface area contributed by atoms with Crippen LogP contribution in [0.4, 0.5) is 11.4 Å². The molecule has 0 aliphatic carbocycles. The van der Waals surface area contributed by atoms with Crippen molar-refractivity contribution in [1.82, 2.24) is 0 Å². The SMILES string of the molecule is CCS(=O)(=O)Nc1ccc(NC(=O)CCC(C)CN)cc1. The van der Waals surface area contributed by atoms with E-state index < -0.39 is 10.0 Å². The molecule has 0 spiro atoms. The van der Waals surface area contributed by atoms with E-state index in [2.05, 4.69) is 10.0 Å². The van der Waals surface area contributed by atoms with Gasteiger partial charge in [-0.2, -0.15) is 0 Å². The monoisotopic (exact) mass is 313 g/mol. The number of carbonyl (C=O) groups is 1. The maximum Gasteiger partial charge on any atom is 0.232 e. The zero-order chi connectivity index (χ0) is 15.9. The fourth-order valence-electron chi connectivity index (χ4n) is 1.59. The van der Waals surface area contributed by atoms with Crippen molar-refractivity contribution >= 4 is 27.3 Å². The first-order valence-corrected chi connectivity index (χ1v) is 8.62. The van der Waals surface area contributed by atoms with Crippen LogP contribution >= 0.6 is 0 Å². The second-order valence-electron chi connectivity index (χ2n) is 5.01. The minimum absolute atomic E-state index is 0.0187. The van der Waals surface area contributed by atoms with E-state index in [1.165, 1.54) is 0 Å². The van der Waals surface area contributed by atoms with Crippen molar-refractivity contribution < 1.29 is 13.2 Å². The first-order chi connectivity index (χ1) is 9.86. The Balaban J connectivity index is 2.53. The van der Waals surface area contributed by atoms with E-state index in [0.29, 0.717) is 30.3 Å². The van der Waals surface area contributed by atoms with Gasteiger partial charge < -0.3 is 11.1 Å². The molecule has 0 aliphatic rings. The Bertz CT molecular complexity index is 555. The van der Waals surface area contributed by atoms with Gasteiger partial charge in [0, 0.05) is 17.8 Å². The van der Waals surface area contributed by atoms with Crippen LogP contribution in [0.15, 0.2) is 24.3 Å². The predicted molar refractivity (Wildman–Crippen MR) is 85.6 cm³/mol. The molecule has 0 bridgehead atoms. The largest absolute Gasteiger partial charge is 0.330 e. The number of nitrogens with one attached hydrogen (secondary N) is 2. The Kier molecular flexibility index (Phi) is 6.64. The molecule has 0 aliphatic heterocycles. The maximum atomic E-state index is 11.7. The average Bonchev–Trinajstić information content (AvgIpc) is 2.46. The van der Waals surface area contributed by atoms with E-state index in [0.717, 1.165) is 6.42 Å². The van der Waals surface area contributed by atoms with Crippen LogP contribution in [0.2, 0.25) is 0 Å². The van der Waals surface area contributed by atoms with Gasteiger partial charge in [-0.3, -0.25) is 9.52 Å². The van der Waals surface area contributed by atoms with Gasteiger partial charge in [-0.1, -0.05) is 6.92 Å². The number of nitrogens with two attached hydrogens (primary N) is 1. The van der Waals surface area contributed by atoms with Gasteiger partial charge in [0.05, 0.1) is 5.75 Å². The van der Waals surface area contributed by atoms with E-state index >= 15 is 0 Å². The van der Waals surface area contributed by atoms with Gasteiger partial charge in [-0.25, -0.2) is 8.42 Å². The van der Waals surface area contributed by atoms with Crippen LogP contribution in [0.25, 0.3) is 0 Å². The molecule has 1 aromatic carbocycles. The molecule has 0 aromatic heterocycles. The van der Waals surface area contributed by atoms with Crippen LogP contribution in [-0.2, 0) is 14.8 Å². The molecule has 1 amide bonds. The average molecular weight is 313 g/mol. The van der Waals surface area contributed by atoms with E-state index in [1.807, 2.05) is 6.92 Å².